The molecule has 2 aromatic heterocycles. The summed E-state index contributed by atoms with van der Waals surface area (Å²) in [5.41, 5.74) is 0.936. The predicted octanol–water partition coefficient (Wildman–Crippen LogP) is 5.97. The van der Waals surface area contributed by atoms with E-state index in [-0.39, 0.29) is 23.1 Å². The maximum Gasteiger partial charge on any atom is 0.310 e. The molecule has 0 spiro atoms. The van der Waals surface area contributed by atoms with Gasteiger partial charge in [0.25, 0.3) is 0 Å². The molecule has 1 aromatic carbocycles. The van der Waals surface area contributed by atoms with E-state index in [1.807, 2.05) is 17.9 Å². The monoisotopic (exact) mass is 529 g/mol. The Kier molecular flexibility index (Phi) is 7.18. The molecule has 0 radical (unpaired) electrons. The van der Waals surface area contributed by atoms with Crippen molar-refractivity contribution in [2.45, 2.75) is 57.9 Å². The third-order valence-electron chi connectivity index (χ3n) is 7.76. The Labute approximate surface area is 219 Å². The average molecular weight is 530 g/mol. The summed E-state index contributed by atoms with van der Waals surface area (Å²) in [6, 6.07) is 8.43. The van der Waals surface area contributed by atoms with Gasteiger partial charge in [0.05, 0.1) is 16.1 Å². The number of hydrogen-bond acceptors (Lipinski definition) is 5. The standard InChI is InChI=1S/C27H30ClF2N5O2/c1-16-12-23(34-33-16)32-22-13-19(17-4-2-5-17)25(30)21(31-22)14-27(26(36)37)8-10-35(11-9-27)15-18-6-3-7-20(28)24(18)29/h3,6-7,12-13,17H,2,4-5,8-11,14-15H2,1H3,(H,36,37)(H2,31,32,33,34). The minimum atomic E-state index is -1.16. The third kappa shape index (κ3) is 5.33. The van der Waals surface area contributed by atoms with Crippen LogP contribution in [0.4, 0.5) is 20.4 Å². The zero-order valence-corrected chi connectivity index (χ0v) is 21.4. The van der Waals surface area contributed by atoms with Gasteiger partial charge in [-0.25, -0.2) is 13.8 Å². The quantitative estimate of drug-likeness (QED) is 0.333. The fourth-order valence-corrected chi connectivity index (χ4v) is 5.45. The van der Waals surface area contributed by atoms with Gasteiger partial charge in [0.15, 0.2) is 5.82 Å². The van der Waals surface area contributed by atoms with Crippen molar-refractivity contribution in [2.75, 3.05) is 18.4 Å². The van der Waals surface area contributed by atoms with Crippen LogP contribution >= 0.6 is 11.6 Å². The van der Waals surface area contributed by atoms with Crippen LogP contribution in [0.25, 0.3) is 0 Å². The largest absolute Gasteiger partial charge is 0.481 e. The second kappa shape index (κ2) is 10.4. The van der Waals surface area contributed by atoms with Gasteiger partial charge in [0.1, 0.15) is 17.5 Å². The first-order valence-corrected chi connectivity index (χ1v) is 13.0. The number of nitrogens with zero attached hydrogens (tertiary/aromatic N) is 3. The number of carbonyl (C=O) groups is 1. The Bertz CT molecular complexity index is 1300. The van der Waals surface area contributed by atoms with Crippen LogP contribution in [-0.4, -0.2) is 44.2 Å². The Balaban J connectivity index is 1.37. The molecular weight excluding hydrogens is 500 g/mol. The lowest BCUT2D eigenvalue weighted by molar-refractivity contribution is -0.152. The lowest BCUT2D eigenvalue weighted by Crippen LogP contribution is -2.45. The van der Waals surface area contributed by atoms with E-state index in [0.717, 1.165) is 25.0 Å². The molecule has 196 valence electrons. The van der Waals surface area contributed by atoms with Crippen molar-refractivity contribution in [1.29, 1.82) is 0 Å². The number of benzene rings is 1. The van der Waals surface area contributed by atoms with Crippen LogP contribution in [-0.2, 0) is 17.8 Å². The molecule has 2 fully saturated rings. The summed E-state index contributed by atoms with van der Waals surface area (Å²) in [5.74, 6) is -0.689. The molecule has 3 heterocycles. The first-order chi connectivity index (χ1) is 17.7. The van der Waals surface area contributed by atoms with E-state index in [4.69, 9.17) is 11.6 Å². The SMILES string of the molecule is Cc1cc(Nc2cc(C3CCC3)c(F)c(CC3(C(=O)O)CCN(Cc4cccc(Cl)c4F)CC3)n2)n[nH]1. The van der Waals surface area contributed by atoms with Crippen LogP contribution in [0, 0.1) is 24.0 Å². The first kappa shape index (κ1) is 25.6. The highest BCUT2D eigenvalue weighted by molar-refractivity contribution is 6.30. The molecule has 1 aliphatic carbocycles. The Hall–Kier alpha value is -3.04. The molecule has 0 atom stereocenters. The van der Waals surface area contributed by atoms with Crippen molar-refractivity contribution in [3.05, 3.63) is 69.5 Å². The number of nitrogens with one attached hydrogen (secondary N) is 2. The lowest BCUT2D eigenvalue weighted by atomic mass is 9.73. The van der Waals surface area contributed by atoms with Crippen molar-refractivity contribution < 1.29 is 18.7 Å². The molecule has 5 rings (SSSR count). The fourth-order valence-electron chi connectivity index (χ4n) is 5.25. The fraction of sp³-hybridized carbons (Fsp3) is 0.444. The second-order valence-corrected chi connectivity index (χ2v) is 10.7. The maximum atomic E-state index is 15.7. The highest BCUT2D eigenvalue weighted by Gasteiger charge is 2.43. The normalized spacial score (nSPS) is 17.9. The first-order valence-electron chi connectivity index (χ1n) is 12.6. The number of H-pyrrole nitrogens is 1. The van der Waals surface area contributed by atoms with Gasteiger partial charge in [0.2, 0.25) is 0 Å². The number of pyridine rings is 1. The molecule has 2 aliphatic rings. The number of carboxylic acids is 1. The molecule has 0 amide bonds. The van der Waals surface area contributed by atoms with Gasteiger partial charge in [-0.15, -0.1) is 0 Å². The number of aromatic nitrogens is 3. The molecule has 0 unspecified atom stereocenters. The van der Waals surface area contributed by atoms with E-state index < -0.39 is 23.0 Å². The van der Waals surface area contributed by atoms with Crippen LogP contribution in [0.3, 0.4) is 0 Å². The number of aliphatic carboxylic acids is 1. The number of anilines is 2. The Morgan fingerprint density at radius 2 is 1.97 bits per heavy atom. The van der Waals surface area contributed by atoms with E-state index in [1.54, 1.807) is 18.2 Å². The maximum absolute atomic E-state index is 15.7. The van der Waals surface area contributed by atoms with Crippen molar-refractivity contribution in [2.24, 2.45) is 5.41 Å². The van der Waals surface area contributed by atoms with Gasteiger partial charge in [-0.2, -0.15) is 5.10 Å². The van der Waals surface area contributed by atoms with E-state index >= 15 is 4.39 Å². The second-order valence-electron chi connectivity index (χ2n) is 10.3. The minimum Gasteiger partial charge on any atom is -0.481 e. The average Bonchev–Trinajstić information content (AvgIpc) is 3.24. The van der Waals surface area contributed by atoms with Gasteiger partial charge in [-0.1, -0.05) is 30.2 Å². The Morgan fingerprint density at radius 3 is 2.59 bits per heavy atom. The molecule has 10 heteroatoms. The smallest absolute Gasteiger partial charge is 0.310 e. The molecule has 1 saturated carbocycles. The van der Waals surface area contributed by atoms with Crippen molar-refractivity contribution in [3.63, 3.8) is 0 Å². The summed E-state index contributed by atoms with van der Waals surface area (Å²) in [7, 11) is 0. The molecule has 3 N–H and O–H groups in total. The number of likely N-dealkylation sites (tertiary alicyclic amines) is 1. The third-order valence-corrected chi connectivity index (χ3v) is 8.05. The van der Waals surface area contributed by atoms with Crippen LogP contribution < -0.4 is 5.32 Å². The zero-order chi connectivity index (χ0) is 26.2. The van der Waals surface area contributed by atoms with Gasteiger partial charge in [-0.3, -0.25) is 14.8 Å². The topological polar surface area (TPSA) is 94.1 Å². The summed E-state index contributed by atoms with van der Waals surface area (Å²) >= 11 is 5.91. The summed E-state index contributed by atoms with van der Waals surface area (Å²) in [5, 5.41) is 20.5. The van der Waals surface area contributed by atoms with E-state index in [1.165, 1.54) is 6.07 Å². The number of carboxylic acid groups (broad SMARTS) is 1. The molecule has 37 heavy (non-hydrogen) atoms. The van der Waals surface area contributed by atoms with Crippen LogP contribution in [0.15, 0.2) is 30.3 Å². The predicted molar refractivity (Wildman–Crippen MR) is 137 cm³/mol. The number of halogens is 3. The molecule has 0 bridgehead atoms. The Morgan fingerprint density at radius 1 is 1.22 bits per heavy atom. The summed E-state index contributed by atoms with van der Waals surface area (Å²) in [6.45, 7) is 3.11. The van der Waals surface area contributed by atoms with Gasteiger partial charge < -0.3 is 10.4 Å². The summed E-state index contributed by atoms with van der Waals surface area (Å²) in [4.78, 5) is 19.1. The van der Waals surface area contributed by atoms with E-state index in [0.29, 0.717) is 55.2 Å². The minimum absolute atomic E-state index is 0.0115. The molecule has 1 aliphatic heterocycles. The van der Waals surface area contributed by atoms with Crippen LogP contribution in [0.1, 0.15) is 60.5 Å². The van der Waals surface area contributed by atoms with Crippen molar-refractivity contribution >= 4 is 29.2 Å². The summed E-state index contributed by atoms with van der Waals surface area (Å²) < 4.78 is 30.1. The van der Waals surface area contributed by atoms with E-state index in [2.05, 4.69) is 20.5 Å². The van der Waals surface area contributed by atoms with Gasteiger partial charge in [-0.05, 0) is 69.3 Å². The lowest BCUT2D eigenvalue weighted by Gasteiger charge is -2.39. The number of aryl methyl sites for hydroxylation is 1. The van der Waals surface area contributed by atoms with Crippen LogP contribution in [0.2, 0.25) is 5.02 Å². The van der Waals surface area contributed by atoms with E-state index in [9.17, 15) is 14.3 Å². The van der Waals surface area contributed by atoms with Crippen molar-refractivity contribution in [1.82, 2.24) is 20.1 Å². The van der Waals surface area contributed by atoms with Crippen molar-refractivity contribution in [3.8, 4) is 0 Å². The molecule has 3 aromatic rings. The van der Waals surface area contributed by atoms with Crippen LogP contribution in [0.5, 0.6) is 0 Å². The number of hydrogen-bond donors (Lipinski definition) is 3. The zero-order valence-electron chi connectivity index (χ0n) is 20.7. The number of piperidine rings is 1. The number of aromatic amines is 1. The van der Waals surface area contributed by atoms with Gasteiger partial charge >= 0.3 is 5.97 Å². The number of rotatable bonds is 8. The molecular formula is C27H30ClF2N5O2. The molecule has 7 nitrogen and oxygen atoms in total. The highest BCUT2D eigenvalue weighted by atomic mass is 35.5. The highest BCUT2D eigenvalue weighted by Crippen LogP contribution is 2.42. The van der Waals surface area contributed by atoms with Gasteiger partial charge in [0, 0.05) is 30.3 Å². The summed E-state index contributed by atoms with van der Waals surface area (Å²) in [6.07, 6.45) is 3.45. The molecule has 1 saturated heterocycles.